The maximum Gasteiger partial charge on any atom is 0.416 e. The van der Waals surface area contributed by atoms with E-state index in [-0.39, 0.29) is 5.96 Å². The molecule has 146 valence electrons. The fraction of sp³-hybridized carbons (Fsp3) is 0.105. The molecule has 0 bridgehead atoms. The molecule has 9 heteroatoms. The monoisotopic (exact) mass is 407 g/mol. The summed E-state index contributed by atoms with van der Waals surface area (Å²) >= 11 is 5.81. The molecule has 0 atom stereocenters. The smallest absolute Gasteiger partial charge is 0.367 e. The topological polar surface area (TPSA) is 66.3 Å². The van der Waals surface area contributed by atoms with Crippen LogP contribution in [0.5, 0.6) is 0 Å². The van der Waals surface area contributed by atoms with Crippen LogP contribution >= 0.6 is 11.6 Å². The zero-order valence-corrected chi connectivity index (χ0v) is 15.6. The largest absolute Gasteiger partial charge is 0.416 e. The molecular weight excluding hydrogens is 391 g/mol. The molecule has 0 aliphatic rings. The molecule has 2 aromatic carbocycles. The normalized spacial score (nSPS) is 13.1. The molecule has 28 heavy (non-hydrogen) atoms. The number of guanidine groups is 1. The standard InChI is InChI=1S/C19H17ClF3N5/c1-28(26-13-15-6-10-17(20)11-7-15)18(24)27-25-12-2-3-14-4-8-16(9-5-14)19(21,22)23/h2-13H,1H3,(H2,24,27). The van der Waals surface area contributed by atoms with Gasteiger partial charge in [-0.05, 0) is 41.5 Å². The Labute approximate surface area is 165 Å². The number of hydrazone groups is 1. The third kappa shape index (κ3) is 6.88. The molecule has 0 aromatic heterocycles. The first-order valence-electron chi connectivity index (χ1n) is 7.99. The number of hydrogen-bond donors (Lipinski definition) is 1. The average molecular weight is 408 g/mol. The van der Waals surface area contributed by atoms with Gasteiger partial charge in [-0.2, -0.15) is 23.4 Å². The third-order valence-electron chi connectivity index (χ3n) is 3.42. The summed E-state index contributed by atoms with van der Waals surface area (Å²) in [7, 11) is 1.61. The van der Waals surface area contributed by atoms with E-state index in [9.17, 15) is 13.2 Å². The maximum atomic E-state index is 12.5. The van der Waals surface area contributed by atoms with Crippen molar-refractivity contribution in [3.05, 3.63) is 76.3 Å². The first kappa shape index (κ1) is 21.2. The highest BCUT2D eigenvalue weighted by Gasteiger charge is 2.29. The number of hydrogen-bond acceptors (Lipinski definition) is 3. The number of nitrogens with zero attached hydrogens (tertiary/aromatic N) is 4. The summed E-state index contributed by atoms with van der Waals surface area (Å²) in [6.07, 6.45) is 1.74. The van der Waals surface area contributed by atoms with Crippen LogP contribution < -0.4 is 5.73 Å². The van der Waals surface area contributed by atoms with Gasteiger partial charge in [0.05, 0.1) is 11.8 Å². The van der Waals surface area contributed by atoms with Gasteiger partial charge in [0.25, 0.3) is 0 Å². The molecule has 5 nitrogen and oxygen atoms in total. The lowest BCUT2D eigenvalue weighted by molar-refractivity contribution is -0.137. The Bertz CT molecular complexity index is 885. The second-order valence-corrected chi connectivity index (χ2v) is 5.96. The summed E-state index contributed by atoms with van der Waals surface area (Å²) in [4.78, 5) is 0. The number of rotatable bonds is 5. The minimum absolute atomic E-state index is 0.0596. The summed E-state index contributed by atoms with van der Waals surface area (Å²) < 4.78 is 37.5. The van der Waals surface area contributed by atoms with Crippen molar-refractivity contribution in [2.24, 2.45) is 21.0 Å². The fourth-order valence-electron chi connectivity index (χ4n) is 1.89. The van der Waals surface area contributed by atoms with E-state index in [0.717, 1.165) is 17.7 Å². The Balaban J connectivity index is 1.89. The van der Waals surface area contributed by atoms with Gasteiger partial charge >= 0.3 is 6.18 Å². The minimum atomic E-state index is -4.35. The molecular formula is C19H17ClF3N5. The number of nitrogens with two attached hydrogens (primary N) is 1. The van der Waals surface area contributed by atoms with Crippen molar-refractivity contribution in [3.8, 4) is 0 Å². The van der Waals surface area contributed by atoms with Crippen LogP contribution in [0.15, 0.2) is 69.9 Å². The number of alkyl halides is 3. The van der Waals surface area contributed by atoms with Crippen molar-refractivity contribution in [1.82, 2.24) is 5.01 Å². The van der Waals surface area contributed by atoms with Crippen LogP contribution in [-0.4, -0.2) is 30.4 Å². The maximum absolute atomic E-state index is 12.5. The summed E-state index contributed by atoms with van der Waals surface area (Å²) in [5, 5.41) is 13.6. The van der Waals surface area contributed by atoms with Crippen molar-refractivity contribution in [2.45, 2.75) is 6.18 Å². The van der Waals surface area contributed by atoms with E-state index in [1.165, 1.54) is 29.4 Å². The summed E-state index contributed by atoms with van der Waals surface area (Å²) in [5.41, 5.74) is 6.49. The highest BCUT2D eigenvalue weighted by Crippen LogP contribution is 2.29. The van der Waals surface area contributed by atoms with Gasteiger partial charge in [-0.1, -0.05) is 41.9 Å². The quantitative estimate of drug-likeness (QED) is 0.446. The summed E-state index contributed by atoms with van der Waals surface area (Å²) in [6, 6.07) is 11.9. The lowest BCUT2D eigenvalue weighted by Crippen LogP contribution is -2.29. The van der Waals surface area contributed by atoms with Gasteiger partial charge in [0.1, 0.15) is 0 Å². The van der Waals surface area contributed by atoms with E-state index in [1.807, 2.05) is 0 Å². The van der Waals surface area contributed by atoms with E-state index in [2.05, 4.69) is 15.3 Å². The predicted molar refractivity (Wildman–Crippen MR) is 107 cm³/mol. The van der Waals surface area contributed by atoms with Gasteiger partial charge < -0.3 is 5.73 Å². The molecule has 0 saturated carbocycles. The molecule has 0 aliphatic heterocycles. The van der Waals surface area contributed by atoms with Crippen molar-refractivity contribution in [3.63, 3.8) is 0 Å². The first-order chi connectivity index (χ1) is 13.3. The van der Waals surface area contributed by atoms with Gasteiger partial charge in [0, 0.05) is 18.3 Å². The molecule has 2 rings (SSSR count). The van der Waals surface area contributed by atoms with E-state index in [1.54, 1.807) is 43.6 Å². The van der Waals surface area contributed by atoms with Crippen LogP contribution in [-0.2, 0) is 6.18 Å². The number of benzene rings is 2. The van der Waals surface area contributed by atoms with E-state index >= 15 is 0 Å². The molecule has 0 aliphatic carbocycles. The predicted octanol–water partition coefficient (Wildman–Crippen LogP) is 4.64. The van der Waals surface area contributed by atoms with Gasteiger partial charge in [0.15, 0.2) is 0 Å². The number of halogens is 4. The molecule has 0 amide bonds. The SMILES string of the molecule is CN(N=Cc1ccc(Cl)cc1)/C(N)=N\N=CC=Cc1ccc(C(F)(F)F)cc1. The second-order valence-electron chi connectivity index (χ2n) is 5.52. The van der Waals surface area contributed by atoms with Crippen LogP contribution in [0.4, 0.5) is 13.2 Å². The Kier molecular flexibility index (Phi) is 7.34. The van der Waals surface area contributed by atoms with E-state index in [4.69, 9.17) is 17.3 Å². The molecule has 0 unspecified atom stereocenters. The van der Waals surface area contributed by atoms with Gasteiger partial charge in [-0.3, -0.25) is 0 Å². The molecule has 2 N–H and O–H groups in total. The summed E-state index contributed by atoms with van der Waals surface area (Å²) in [5.74, 6) is 0.0596. The Morgan fingerprint density at radius 3 is 2.25 bits per heavy atom. The van der Waals surface area contributed by atoms with Crippen molar-refractivity contribution < 1.29 is 13.2 Å². The van der Waals surface area contributed by atoms with Crippen LogP contribution in [0.2, 0.25) is 5.02 Å². The highest BCUT2D eigenvalue weighted by molar-refractivity contribution is 6.30. The van der Waals surface area contributed by atoms with Crippen molar-refractivity contribution in [1.29, 1.82) is 0 Å². The highest BCUT2D eigenvalue weighted by atomic mass is 35.5. The molecule has 0 saturated heterocycles. The Morgan fingerprint density at radius 1 is 1.04 bits per heavy atom. The summed E-state index contributed by atoms with van der Waals surface area (Å²) in [6.45, 7) is 0. The Hall–Kier alpha value is -3.13. The van der Waals surface area contributed by atoms with Crippen LogP contribution in [0.25, 0.3) is 6.08 Å². The molecule has 0 fully saturated rings. The average Bonchev–Trinajstić information content (AvgIpc) is 2.66. The molecule has 0 heterocycles. The van der Waals surface area contributed by atoms with Crippen molar-refractivity contribution >= 4 is 36.1 Å². The Morgan fingerprint density at radius 2 is 1.64 bits per heavy atom. The lowest BCUT2D eigenvalue weighted by atomic mass is 10.1. The zero-order valence-electron chi connectivity index (χ0n) is 14.8. The van der Waals surface area contributed by atoms with E-state index in [0.29, 0.717) is 10.6 Å². The van der Waals surface area contributed by atoms with Gasteiger partial charge in [-0.15, -0.1) is 5.10 Å². The number of allylic oxidation sites excluding steroid dienone is 1. The van der Waals surface area contributed by atoms with Crippen LogP contribution in [0, 0.1) is 0 Å². The third-order valence-corrected chi connectivity index (χ3v) is 3.67. The lowest BCUT2D eigenvalue weighted by Gasteiger charge is -2.09. The fourth-order valence-corrected chi connectivity index (χ4v) is 2.02. The molecule has 0 radical (unpaired) electrons. The first-order valence-corrected chi connectivity index (χ1v) is 8.37. The van der Waals surface area contributed by atoms with Gasteiger partial charge in [0.2, 0.25) is 5.96 Å². The van der Waals surface area contributed by atoms with Crippen molar-refractivity contribution in [2.75, 3.05) is 7.05 Å². The van der Waals surface area contributed by atoms with E-state index < -0.39 is 11.7 Å². The second kappa shape index (κ2) is 9.70. The zero-order chi connectivity index (χ0) is 20.6. The van der Waals surface area contributed by atoms with Crippen LogP contribution in [0.3, 0.4) is 0 Å². The van der Waals surface area contributed by atoms with Crippen LogP contribution in [0.1, 0.15) is 16.7 Å². The van der Waals surface area contributed by atoms with Gasteiger partial charge in [-0.25, -0.2) is 5.01 Å². The molecule has 2 aromatic rings. The minimum Gasteiger partial charge on any atom is -0.367 e. The molecule has 0 spiro atoms.